The first-order valence-corrected chi connectivity index (χ1v) is 5.69. The van der Waals surface area contributed by atoms with Crippen LogP contribution in [0.1, 0.15) is 10.4 Å². The molecule has 0 saturated carbocycles. The maximum absolute atomic E-state index is 11.2. The SMILES string of the molecule is Nc1cnc(-c2c(Cl)cccc2Cl)c(C(=O)O)c1. The minimum Gasteiger partial charge on any atom is -0.478 e. The lowest BCUT2D eigenvalue weighted by molar-refractivity contribution is 0.0697. The molecule has 18 heavy (non-hydrogen) atoms. The van der Waals surface area contributed by atoms with Crippen molar-refractivity contribution in [1.82, 2.24) is 4.98 Å². The summed E-state index contributed by atoms with van der Waals surface area (Å²) < 4.78 is 0. The van der Waals surface area contributed by atoms with E-state index in [0.717, 1.165) is 0 Å². The molecule has 92 valence electrons. The van der Waals surface area contributed by atoms with Gasteiger partial charge in [-0.3, -0.25) is 4.98 Å². The molecule has 0 atom stereocenters. The third kappa shape index (κ3) is 2.25. The summed E-state index contributed by atoms with van der Waals surface area (Å²) >= 11 is 12.1. The van der Waals surface area contributed by atoms with Crippen LogP contribution in [0.15, 0.2) is 30.5 Å². The van der Waals surface area contributed by atoms with E-state index in [2.05, 4.69) is 4.98 Å². The third-order valence-electron chi connectivity index (χ3n) is 2.34. The molecule has 2 rings (SSSR count). The van der Waals surface area contributed by atoms with Crippen LogP contribution >= 0.6 is 23.2 Å². The Balaban J connectivity index is 2.75. The molecular formula is C12H8Cl2N2O2. The van der Waals surface area contributed by atoms with Gasteiger partial charge in [-0.05, 0) is 18.2 Å². The molecule has 0 aliphatic heterocycles. The summed E-state index contributed by atoms with van der Waals surface area (Å²) in [5.41, 5.74) is 6.34. The van der Waals surface area contributed by atoms with Crippen LogP contribution in [0.3, 0.4) is 0 Å². The van der Waals surface area contributed by atoms with E-state index in [1.165, 1.54) is 12.3 Å². The van der Waals surface area contributed by atoms with E-state index in [1.54, 1.807) is 18.2 Å². The van der Waals surface area contributed by atoms with Gasteiger partial charge in [0.2, 0.25) is 0 Å². The Hall–Kier alpha value is -1.78. The number of nitrogen functional groups attached to an aromatic ring is 1. The quantitative estimate of drug-likeness (QED) is 0.886. The average Bonchev–Trinajstić information content (AvgIpc) is 2.30. The molecule has 0 bridgehead atoms. The number of pyridine rings is 1. The maximum Gasteiger partial charge on any atom is 0.337 e. The minimum atomic E-state index is -1.14. The van der Waals surface area contributed by atoms with Gasteiger partial charge in [-0.15, -0.1) is 0 Å². The highest BCUT2D eigenvalue weighted by Gasteiger charge is 2.18. The first-order valence-electron chi connectivity index (χ1n) is 4.94. The topological polar surface area (TPSA) is 76.2 Å². The van der Waals surface area contributed by atoms with E-state index >= 15 is 0 Å². The van der Waals surface area contributed by atoms with Crippen molar-refractivity contribution in [2.24, 2.45) is 0 Å². The maximum atomic E-state index is 11.2. The van der Waals surface area contributed by atoms with Crippen LogP contribution in [0.2, 0.25) is 10.0 Å². The molecule has 0 fully saturated rings. The highest BCUT2D eigenvalue weighted by Crippen LogP contribution is 2.35. The van der Waals surface area contributed by atoms with Crippen LogP contribution in [0, 0.1) is 0 Å². The average molecular weight is 283 g/mol. The van der Waals surface area contributed by atoms with Gasteiger partial charge < -0.3 is 10.8 Å². The van der Waals surface area contributed by atoms with Gasteiger partial charge in [0.25, 0.3) is 0 Å². The van der Waals surface area contributed by atoms with Gasteiger partial charge in [0.15, 0.2) is 0 Å². The Morgan fingerprint density at radius 2 is 1.89 bits per heavy atom. The summed E-state index contributed by atoms with van der Waals surface area (Å²) in [7, 11) is 0. The lowest BCUT2D eigenvalue weighted by Crippen LogP contribution is -2.04. The number of aromatic nitrogens is 1. The van der Waals surface area contributed by atoms with Crippen molar-refractivity contribution in [2.45, 2.75) is 0 Å². The lowest BCUT2D eigenvalue weighted by Gasteiger charge is -2.09. The Kier molecular flexibility index (Phi) is 3.41. The number of rotatable bonds is 2. The van der Waals surface area contributed by atoms with E-state index in [4.69, 9.17) is 34.0 Å². The van der Waals surface area contributed by atoms with Crippen molar-refractivity contribution in [3.05, 3.63) is 46.1 Å². The van der Waals surface area contributed by atoms with E-state index < -0.39 is 5.97 Å². The molecule has 0 radical (unpaired) electrons. The molecule has 6 heteroatoms. The zero-order valence-electron chi connectivity index (χ0n) is 9.02. The Morgan fingerprint density at radius 1 is 1.28 bits per heavy atom. The minimum absolute atomic E-state index is 0.0370. The van der Waals surface area contributed by atoms with Crippen molar-refractivity contribution < 1.29 is 9.90 Å². The molecule has 0 aliphatic carbocycles. The number of benzene rings is 1. The van der Waals surface area contributed by atoms with Gasteiger partial charge in [-0.2, -0.15) is 0 Å². The van der Waals surface area contributed by atoms with E-state index in [-0.39, 0.29) is 16.9 Å². The summed E-state index contributed by atoms with van der Waals surface area (Å²) in [6.07, 6.45) is 1.36. The molecule has 0 aliphatic rings. The summed E-state index contributed by atoms with van der Waals surface area (Å²) in [6, 6.07) is 6.23. The summed E-state index contributed by atoms with van der Waals surface area (Å²) in [5.74, 6) is -1.14. The second-order valence-corrected chi connectivity index (χ2v) is 4.38. The van der Waals surface area contributed by atoms with Crippen molar-refractivity contribution in [3.8, 4) is 11.3 Å². The van der Waals surface area contributed by atoms with Crippen LogP contribution in [0.5, 0.6) is 0 Å². The molecule has 0 unspecified atom stereocenters. The second kappa shape index (κ2) is 4.84. The second-order valence-electron chi connectivity index (χ2n) is 3.57. The zero-order chi connectivity index (χ0) is 13.3. The number of nitrogens with zero attached hydrogens (tertiary/aromatic N) is 1. The van der Waals surface area contributed by atoms with E-state index in [0.29, 0.717) is 15.6 Å². The predicted molar refractivity (Wildman–Crippen MR) is 71.1 cm³/mol. The number of aromatic carboxylic acids is 1. The fraction of sp³-hybridized carbons (Fsp3) is 0. The number of carbonyl (C=O) groups is 1. The van der Waals surface area contributed by atoms with Crippen LogP contribution in [-0.4, -0.2) is 16.1 Å². The highest BCUT2D eigenvalue weighted by atomic mass is 35.5. The number of hydrogen-bond acceptors (Lipinski definition) is 3. The van der Waals surface area contributed by atoms with Gasteiger partial charge in [0.05, 0.1) is 33.2 Å². The zero-order valence-corrected chi connectivity index (χ0v) is 10.5. The number of anilines is 1. The van der Waals surface area contributed by atoms with Gasteiger partial charge in [0.1, 0.15) is 0 Å². The molecule has 0 spiro atoms. The van der Waals surface area contributed by atoms with Gasteiger partial charge in [-0.1, -0.05) is 29.3 Å². The number of hydrogen-bond donors (Lipinski definition) is 2. The first kappa shape index (κ1) is 12.7. The molecule has 4 nitrogen and oxygen atoms in total. The van der Waals surface area contributed by atoms with Crippen molar-refractivity contribution in [3.63, 3.8) is 0 Å². The Morgan fingerprint density at radius 3 is 2.44 bits per heavy atom. The number of halogens is 2. The predicted octanol–water partition coefficient (Wildman–Crippen LogP) is 3.34. The van der Waals surface area contributed by atoms with E-state index in [1.807, 2.05) is 0 Å². The van der Waals surface area contributed by atoms with Crippen LogP contribution < -0.4 is 5.73 Å². The molecule has 1 aromatic heterocycles. The van der Waals surface area contributed by atoms with Crippen molar-refractivity contribution in [2.75, 3.05) is 5.73 Å². The number of nitrogens with two attached hydrogens (primary N) is 1. The molecule has 1 aromatic carbocycles. The molecule has 3 N–H and O–H groups in total. The highest BCUT2D eigenvalue weighted by molar-refractivity contribution is 6.39. The molecule has 2 aromatic rings. The molecule has 1 heterocycles. The molecule has 0 amide bonds. The Labute approximate surface area is 113 Å². The lowest BCUT2D eigenvalue weighted by atomic mass is 10.1. The fourth-order valence-corrected chi connectivity index (χ4v) is 2.14. The molecular weight excluding hydrogens is 275 g/mol. The number of carboxylic acid groups (broad SMARTS) is 1. The summed E-state index contributed by atoms with van der Waals surface area (Å²) in [5, 5.41) is 9.82. The molecule has 0 saturated heterocycles. The first-order chi connectivity index (χ1) is 8.50. The van der Waals surface area contributed by atoms with Crippen LogP contribution in [-0.2, 0) is 0 Å². The van der Waals surface area contributed by atoms with Gasteiger partial charge >= 0.3 is 5.97 Å². The van der Waals surface area contributed by atoms with Gasteiger partial charge in [-0.25, -0.2) is 4.79 Å². The number of carboxylic acids is 1. The standard InChI is InChI=1S/C12H8Cl2N2O2/c13-8-2-1-3-9(14)10(8)11-7(12(17)18)4-6(15)5-16-11/h1-5H,15H2,(H,17,18). The smallest absolute Gasteiger partial charge is 0.337 e. The monoisotopic (exact) mass is 282 g/mol. The summed E-state index contributed by atoms with van der Waals surface area (Å²) in [6.45, 7) is 0. The fourth-order valence-electron chi connectivity index (χ4n) is 1.57. The van der Waals surface area contributed by atoms with E-state index in [9.17, 15) is 4.79 Å². The van der Waals surface area contributed by atoms with Crippen LogP contribution in [0.25, 0.3) is 11.3 Å². The van der Waals surface area contributed by atoms with Gasteiger partial charge in [0, 0.05) is 5.56 Å². The third-order valence-corrected chi connectivity index (χ3v) is 2.97. The Bertz CT molecular complexity index is 609. The van der Waals surface area contributed by atoms with Crippen molar-refractivity contribution >= 4 is 34.9 Å². The largest absolute Gasteiger partial charge is 0.478 e. The normalized spacial score (nSPS) is 10.3. The summed E-state index contributed by atoms with van der Waals surface area (Å²) in [4.78, 5) is 15.2. The van der Waals surface area contributed by atoms with Crippen molar-refractivity contribution in [1.29, 1.82) is 0 Å². The van der Waals surface area contributed by atoms with Crippen LogP contribution in [0.4, 0.5) is 5.69 Å².